The molecule has 7 heteroatoms. The van der Waals surface area contributed by atoms with E-state index in [9.17, 15) is 0 Å². The summed E-state index contributed by atoms with van der Waals surface area (Å²) in [5, 5.41) is 14.0. The smallest absolute Gasteiger partial charge is 0.134 e. The van der Waals surface area contributed by atoms with Crippen molar-refractivity contribution < 1.29 is 14.6 Å². The maximum Gasteiger partial charge on any atom is 0.134 e. The number of pyridine rings is 2. The summed E-state index contributed by atoms with van der Waals surface area (Å²) in [6.45, 7) is 0.385. The zero-order valence-corrected chi connectivity index (χ0v) is 14.1. The lowest BCUT2D eigenvalue weighted by Gasteiger charge is -2.13. The Bertz CT molecular complexity index is 877. The van der Waals surface area contributed by atoms with E-state index in [-0.39, 0.29) is 6.61 Å². The fraction of sp³-hybridized carbons (Fsp3) is 0.222. The summed E-state index contributed by atoms with van der Waals surface area (Å²) in [5.74, 6) is 2.41. The van der Waals surface area contributed by atoms with Crippen molar-refractivity contribution >= 4 is 22.4 Å². The summed E-state index contributed by atoms with van der Waals surface area (Å²) in [6, 6.07) is 9.27. The van der Waals surface area contributed by atoms with Crippen molar-refractivity contribution in [3.8, 4) is 22.8 Å². The van der Waals surface area contributed by atoms with Crippen LogP contribution in [0.2, 0.25) is 0 Å². The Labute approximate surface area is 145 Å². The van der Waals surface area contributed by atoms with E-state index in [1.165, 1.54) is 0 Å². The Morgan fingerprint density at radius 3 is 2.44 bits per heavy atom. The highest BCUT2D eigenvalue weighted by atomic mass is 16.5. The number of nitrogens with zero attached hydrogens (tertiary/aromatic N) is 2. The van der Waals surface area contributed by atoms with Crippen molar-refractivity contribution in [1.29, 1.82) is 0 Å². The minimum absolute atomic E-state index is 0.000942. The molecule has 0 saturated heterocycles. The second-order valence-electron chi connectivity index (χ2n) is 5.44. The Balaban J connectivity index is 2.18. The van der Waals surface area contributed by atoms with Crippen LogP contribution in [0, 0.1) is 0 Å². The quantitative estimate of drug-likeness (QED) is 0.632. The third-order valence-corrected chi connectivity index (χ3v) is 3.79. The molecule has 7 nitrogen and oxygen atoms in total. The molecule has 0 spiro atoms. The van der Waals surface area contributed by atoms with E-state index < -0.39 is 0 Å². The van der Waals surface area contributed by atoms with Crippen molar-refractivity contribution in [1.82, 2.24) is 9.97 Å². The lowest BCUT2D eigenvalue weighted by molar-refractivity contribution is 0.311. The number of nitrogens with one attached hydrogen (secondary N) is 1. The van der Waals surface area contributed by atoms with E-state index in [1.54, 1.807) is 32.5 Å². The largest absolute Gasteiger partial charge is 0.497 e. The number of nitrogens with two attached hydrogens (primary N) is 1. The molecule has 0 atom stereocenters. The van der Waals surface area contributed by atoms with Gasteiger partial charge in [-0.05, 0) is 24.3 Å². The van der Waals surface area contributed by atoms with Gasteiger partial charge >= 0.3 is 0 Å². The Morgan fingerprint density at radius 1 is 1.08 bits per heavy atom. The highest BCUT2D eigenvalue weighted by Crippen LogP contribution is 2.32. The molecule has 0 radical (unpaired) electrons. The van der Waals surface area contributed by atoms with Crippen molar-refractivity contribution in [2.75, 3.05) is 38.4 Å². The van der Waals surface area contributed by atoms with E-state index in [4.69, 9.17) is 20.3 Å². The molecule has 3 rings (SSSR count). The molecule has 3 aromatic rings. The number of methoxy groups -OCH3 is 2. The van der Waals surface area contributed by atoms with Crippen LogP contribution in [-0.4, -0.2) is 42.4 Å². The first-order valence-electron chi connectivity index (χ1n) is 7.79. The fourth-order valence-electron chi connectivity index (χ4n) is 2.57. The summed E-state index contributed by atoms with van der Waals surface area (Å²) in [7, 11) is 3.21. The molecule has 4 N–H and O–H groups in total. The third kappa shape index (κ3) is 3.56. The summed E-state index contributed by atoms with van der Waals surface area (Å²) in [5.41, 5.74) is 7.38. The van der Waals surface area contributed by atoms with Crippen LogP contribution >= 0.6 is 0 Å². The number of hydrogen-bond donors (Lipinski definition) is 3. The molecule has 0 aliphatic carbocycles. The van der Waals surface area contributed by atoms with Gasteiger partial charge in [0.15, 0.2) is 0 Å². The van der Waals surface area contributed by atoms with Gasteiger partial charge < -0.3 is 25.6 Å². The minimum atomic E-state index is 0.000942. The summed E-state index contributed by atoms with van der Waals surface area (Å²) < 4.78 is 10.7. The predicted molar refractivity (Wildman–Crippen MR) is 98.1 cm³/mol. The number of aliphatic hydroxyl groups excluding tert-OH is 1. The van der Waals surface area contributed by atoms with Gasteiger partial charge in [-0.15, -0.1) is 0 Å². The number of fused-ring (bicyclic) bond motifs is 1. The van der Waals surface area contributed by atoms with E-state index >= 15 is 0 Å². The second kappa shape index (κ2) is 7.23. The van der Waals surface area contributed by atoms with Gasteiger partial charge in [0, 0.05) is 35.1 Å². The average Bonchev–Trinajstić information content (AvgIpc) is 2.65. The Hall–Kier alpha value is -3.06. The lowest BCUT2D eigenvalue weighted by atomic mass is 10.1. The Kier molecular flexibility index (Phi) is 4.85. The van der Waals surface area contributed by atoms with Crippen LogP contribution in [0.1, 0.15) is 0 Å². The molecule has 0 aliphatic heterocycles. The molecule has 0 bridgehead atoms. The number of anilines is 2. The SMILES string of the molecule is COc1cc(OC)cc(-c2cc3cnc(N)cc3c(NCCO)n2)c1. The normalized spacial score (nSPS) is 10.7. The van der Waals surface area contributed by atoms with Crippen molar-refractivity contribution in [3.05, 3.63) is 36.5 Å². The monoisotopic (exact) mass is 340 g/mol. The summed E-state index contributed by atoms with van der Waals surface area (Å²) in [6.07, 6.45) is 1.71. The van der Waals surface area contributed by atoms with E-state index in [2.05, 4.69) is 15.3 Å². The lowest BCUT2D eigenvalue weighted by Crippen LogP contribution is -2.08. The van der Waals surface area contributed by atoms with E-state index in [1.807, 2.05) is 18.2 Å². The van der Waals surface area contributed by atoms with E-state index in [0.29, 0.717) is 29.7 Å². The molecular formula is C18H20N4O3. The number of rotatable bonds is 6. The van der Waals surface area contributed by atoms with Crippen molar-refractivity contribution in [2.45, 2.75) is 0 Å². The maximum absolute atomic E-state index is 9.12. The summed E-state index contributed by atoms with van der Waals surface area (Å²) >= 11 is 0. The van der Waals surface area contributed by atoms with E-state index in [0.717, 1.165) is 22.0 Å². The highest BCUT2D eigenvalue weighted by molar-refractivity contribution is 5.95. The fourth-order valence-corrected chi connectivity index (χ4v) is 2.57. The molecule has 130 valence electrons. The number of aliphatic hydroxyl groups is 1. The van der Waals surface area contributed by atoms with Crippen LogP contribution in [0.5, 0.6) is 11.5 Å². The van der Waals surface area contributed by atoms with Crippen LogP contribution < -0.4 is 20.5 Å². The highest BCUT2D eigenvalue weighted by Gasteiger charge is 2.11. The predicted octanol–water partition coefficient (Wildman–Crippen LogP) is 2.30. The van der Waals surface area contributed by atoms with Crippen LogP contribution in [0.15, 0.2) is 36.5 Å². The van der Waals surface area contributed by atoms with Gasteiger partial charge in [-0.2, -0.15) is 0 Å². The first kappa shape index (κ1) is 16.8. The minimum Gasteiger partial charge on any atom is -0.497 e. The Morgan fingerprint density at radius 2 is 1.80 bits per heavy atom. The number of hydrogen-bond acceptors (Lipinski definition) is 7. The summed E-state index contributed by atoms with van der Waals surface area (Å²) in [4.78, 5) is 8.84. The number of ether oxygens (including phenoxy) is 2. The van der Waals surface area contributed by atoms with Gasteiger partial charge in [-0.1, -0.05) is 0 Å². The zero-order chi connectivity index (χ0) is 17.8. The molecule has 0 unspecified atom stereocenters. The molecule has 0 aliphatic rings. The molecule has 0 fully saturated rings. The standard InChI is InChI=1S/C18H20N4O3/c1-24-13-5-11(6-14(8-13)25-2)16-7-12-10-21-17(19)9-15(12)18(22-16)20-3-4-23/h5-10,23H,3-4H2,1-2H3,(H2,19,21)(H,20,22). The van der Waals surface area contributed by atoms with Crippen molar-refractivity contribution in [3.63, 3.8) is 0 Å². The number of nitrogen functional groups attached to an aromatic ring is 1. The molecule has 0 amide bonds. The van der Waals surface area contributed by atoms with Gasteiger partial charge in [0.05, 0.1) is 26.5 Å². The number of benzene rings is 1. The molecular weight excluding hydrogens is 320 g/mol. The van der Waals surface area contributed by atoms with Gasteiger partial charge in [0.1, 0.15) is 23.1 Å². The molecule has 0 saturated carbocycles. The van der Waals surface area contributed by atoms with Crippen LogP contribution in [-0.2, 0) is 0 Å². The van der Waals surface area contributed by atoms with Gasteiger partial charge in [-0.3, -0.25) is 0 Å². The average molecular weight is 340 g/mol. The van der Waals surface area contributed by atoms with Crippen molar-refractivity contribution in [2.24, 2.45) is 0 Å². The number of aromatic nitrogens is 2. The van der Waals surface area contributed by atoms with Crippen LogP contribution in [0.3, 0.4) is 0 Å². The third-order valence-electron chi connectivity index (χ3n) is 3.79. The molecule has 2 aromatic heterocycles. The van der Waals surface area contributed by atoms with Crippen LogP contribution in [0.25, 0.3) is 22.0 Å². The zero-order valence-electron chi connectivity index (χ0n) is 14.1. The topological polar surface area (TPSA) is 103 Å². The first-order chi connectivity index (χ1) is 12.1. The molecule has 1 aromatic carbocycles. The molecule has 2 heterocycles. The maximum atomic E-state index is 9.12. The second-order valence-corrected chi connectivity index (χ2v) is 5.44. The molecule has 25 heavy (non-hydrogen) atoms. The van der Waals surface area contributed by atoms with Gasteiger partial charge in [0.25, 0.3) is 0 Å². The van der Waals surface area contributed by atoms with Crippen LogP contribution in [0.4, 0.5) is 11.6 Å². The first-order valence-corrected chi connectivity index (χ1v) is 7.79. The van der Waals surface area contributed by atoms with Gasteiger partial charge in [-0.25, -0.2) is 9.97 Å². The van der Waals surface area contributed by atoms with Gasteiger partial charge in [0.2, 0.25) is 0 Å².